The minimum atomic E-state index is 0.264. The molecule has 0 N–H and O–H groups in total. The number of carbonyl (C=O) groups is 1. The van der Waals surface area contributed by atoms with Gasteiger partial charge < -0.3 is 14.5 Å². The molecule has 0 bridgehead atoms. The van der Waals surface area contributed by atoms with Crippen molar-refractivity contribution < 1.29 is 9.53 Å². The van der Waals surface area contributed by atoms with Gasteiger partial charge in [0.25, 0.3) is 0 Å². The number of amides is 1. The Hall–Kier alpha value is -1.55. The summed E-state index contributed by atoms with van der Waals surface area (Å²) >= 11 is 0. The normalized spacial score (nSPS) is 28.2. The van der Waals surface area contributed by atoms with E-state index in [-0.39, 0.29) is 5.91 Å². The summed E-state index contributed by atoms with van der Waals surface area (Å²) in [4.78, 5) is 17.1. The molecule has 25 heavy (non-hydrogen) atoms. The molecule has 1 amide bonds. The first kappa shape index (κ1) is 18.2. The van der Waals surface area contributed by atoms with Crippen LogP contribution in [0.1, 0.15) is 37.7 Å². The zero-order valence-electron chi connectivity index (χ0n) is 16.1. The number of ether oxygens (including phenoxy) is 1. The number of hydrogen-bond acceptors (Lipinski definition) is 3. The van der Waals surface area contributed by atoms with E-state index in [1.165, 1.54) is 25.7 Å². The quantitative estimate of drug-likeness (QED) is 0.794. The Balaban J connectivity index is 1.51. The average Bonchev–Trinajstić information content (AvgIpc) is 3.18. The smallest absolute Gasteiger partial charge is 0.222 e. The number of benzene rings is 1. The Bertz CT molecular complexity index is 587. The van der Waals surface area contributed by atoms with E-state index in [2.05, 4.69) is 19.0 Å². The lowest BCUT2D eigenvalue weighted by atomic mass is 10.0. The predicted molar refractivity (Wildman–Crippen MR) is 101 cm³/mol. The van der Waals surface area contributed by atoms with Crippen molar-refractivity contribution in [3.63, 3.8) is 0 Å². The lowest BCUT2D eigenvalue weighted by Crippen LogP contribution is -2.36. The maximum atomic E-state index is 12.7. The van der Waals surface area contributed by atoms with Crippen molar-refractivity contribution in [1.29, 1.82) is 0 Å². The molecule has 3 rings (SSSR count). The summed E-state index contributed by atoms with van der Waals surface area (Å²) in [6.45, 7) is 0. The van der Waals surface area contributed by atoms with Gasteiger partial charge in [-0.3, -0.25) is 4.79 Å². The summed E-state index contributed by atoms with van der Waals surface area (Å²) in [7, 11) is 8.07. The van der Waals surface area contributed by atoms with E-state index in [0.717, 1.165) is 35.6 Å². The topological polar surface area (TPSA) is 32.8 Å². The maximum absolute atomic E-state index is 12.7. The van der Waals surface area contributed by atoms with E-state index in [1.54, 1.807) is 7.11 Å². The predicted octanol–water partition coefficient (Wildman–Crippen LogP) is 3.21. The average molecular weight is 344 g/mol. The van der Waals surface area contributed by atoms with E-state index in [9.17, 15) is 4.79 Å². The molecule has 0 spiro atoms. The van der Waals surface area contributed by atoms with Crippen LogP contribution in [0.25, 0.3) is 0 Å². The molecule has 138 valence electrons. The molecule has 0 aliphatic heterocycles. The highest BCUT2D eigenvalue weighted by molar-refractivity contribution is 5.76. The van der Waals surface area contributed by atoms with E-state index in [1.807, 2.05) is 36.2 Å². The SMILES string of the molecule is COc1ccccc1CCC(=O)N(C)C1C[C@H]2CC(N(C)C)C[C@H]2C1. The van der Waals surface area contributed by atoms with Gasteiger partial charge in [-0.15, -0.1) is 0 Å². The van der Waals surface area contributed by atoms with Crippen LogP contribution in [-0.2, 0) is 11.2 Å². The number of nitrogens with zero attached hydrogens (tertiary/aromatic N) is 2. The van der Waals surface area contributed by atoms with Crippen molar-refractivity contribution in [2.75, 3.05) is 28.3 Å². The molecular formula is C21H32N2O2. The van der Waals surface area contributed by atoms with Gasteiger partial charge >= 0.3 is 0 Å². The van der Waals surface area contributed by atoms with E-state index in [0.29, 0.717) is 12.5 Å². The Morgan fingerprint density at radius 3 is 2.24 bits per heavy atom. The van der Waals surface area contributed by atoms with E-state index >= 15 is 0 Å². The third-order valence-electron chi connectivity index (χ3n) is 6.44. The third-order valence-corrected chi connectivity index (χ3v) is 6.44. The van der Waals surface area contributed by atoms with Crippen LogP contribution in [0.15, 0.2) is 24.3 Å². The van der Waals surface area contributed by atoms with Crippen molar-refractivity contribution in [2.24, 2.45) is 11.8 Å². The summed E-state index contributed by atoms with van der Waals surface area (Å²) in [5.41, 5.74) is 1.11. The minimum Gasteiger partial charge on any atom is -0.496 e. The standard InChI is InChI=1S/C21H32N2O2/c1-22(2)18-11-16-13-19(14-17(16)12-18)23(3)21(24)10-9-15-7-5-6-8-20(15)25-4/h5-8,16-19H,9-14H2,1-4H3/t16-,17+,18?,19?. The summed E-state index contributed by atoms with van der Waals surface area (Å²) < 4.78 is 5.39. The Labute approximate surface area is 152 Å². The molecule has 2 aliphatic rings. The first-order valence-electron chi connectivity index (χ1n) is 9.53. The number of carbonyl (C=O) groups excluding carboxylic acids is 1. The van der Waals surface area contributed by atoms with Crippen LogP contribution in [0.2, 0.25) is 0 Å². The molecule has 0 saturated heterocycles. The molecule has 0 heterocycles. The van der Waals surface area contributed by atoms with Gasteiger partial charge in [0.15, 0.2) is 0 Å². The van der Waals surface area contributed by atoms with Gasteiger partial charge in [0.05, 0.1) is 7.11 Å². The molecule has 2 aliphatic carbocycles. The molecule has 2 saturated carbocycles. The number of aryl methyl sites for hydroxylation is 1. The number of fused-ring (bicyclic) bond motifs is 1. The summed E-state index contributed by atoms with van der Waals surface area (Å²) in [5, 5.41) is 0. The first-order valence-corrected chi connectivity index (χ1v) is 9.53. The molecular weight excluding hydrogens is 312 g/mol. The highest BCUT2D eigenvalue weighted by Crippen LogP contribution is 2.46. The largest absolute Gasteiger partial charge is 0.496 e. The summed E-state index contributed by atoms with van der Waals surface area (Å²) in [5.74, 6) is 2.76. The Morgan fingerprint density at radius 2 is 1.64 bits per heavy atom. The molecule has 4 nitrogen and oxygen atoms in total. The molecule has 4 heteroatoms. The fraction of sp³-hybridized carbons (Fsp3) is 0.667. The van der Waals surface area contributed by atoms with Crippen molar-refractivity contribution in [3.8, 4) is 5.75 Å². The molecule has 2 unspecified atom stereocenters. The van der Waals surface area contributed by atoms with Gasteiger partial charge in [-0.25, -0.2) is 0 Å². The van der Waals surface area contributed by atoms with Gasteiger partial charge in [-0.05, 0) is 69.7 Å². The number of hydrogen-bond donors (Lipinski definition) is 0. The highest BCUT2D eigenvalue weighted by Gasteiger charge is 2.43. The van der Waals surface area contributed by atoms with E-state index in [4.69, 9.17) is 4.74 Å². The van der Waals surface area contributed by atoms with Gasteiger partial charge in [0, 0.05) is 25.6 Å². The first-order chi connectivity index (χ1) is 12.0. The number of methoxy groups -OCH3 is 1. The van der Waals surface area contributed by atoms with Crippen LogP contribution >= 0.6 is 0 Å². The lowest BCUT2D eigenvalue weighted by molar-refractivity contribution is -0.131. The minimum absolute atomic E-state index is 0.264. The highest BCUT2D eigenvalue weighted by atomic mass is 16.5. The number of rotatable bonds is 6. The zero-order chi connectivity index (χ0) is 18.0. The van der Waals surface area contributed by atoms with Crippen molar-refractivity contribution in [1.82, 2.24) is 9.80 Å². The molecule has 1 aromatic rings. The lowest BCUT2D eigenvalue weighted by Gasteiger charge is -2.27. The molecule has 1 aromatic carbocycles. The Kier molecular flexibility index (Phi) is 5.67. The van der Waals surface area contributed by atoms with Gasteiger partial charge in [0.1, 0.15) is 5.75 Å². The molecule has 0 aromatic heterocycles. The van der Waals surface area contributed by atoms with E-state index < -0.39 is 0 Å². The zero-order valence-corrected chi connectivity index (χ0v) is 16.1. The van der Waals surface area contributed by atoms with Crippen LogP contribution in [0.4, 0.5) is 0 Å². The second kappa shape index (κ2) is 7.77. The maximum Gasteiger partial charge on any atom is 0.222 e. The van der Waals surface area contributed by atoms with Crippen LogP contribution in [0.3, 0.4) is 0 Å². The second-order valence-corrected chi connectivity index (χ2v) is 8.05. The van der Waals surface area contributed by atoms with Crippen molar-refractivity contribution in [2.45, 2.75) is 50.6 Å². The van der Waals surface area contributed by atoms with Crippen molar-refractivity contribution in [3.05, 3.63) is 29.8 Å². The molecule has 0 radical (unpaired) electrons. The molecule has 4 atom stereocenters. The fourth-order valence-electron chi connectivity index (χ4n) is 4.82. The van der Waals surface area contributed by atoms with Crippen LogP contribution < -0.4 is 4.74 Å². The fourth-order valence-corrected chi connectivity index (χ4v) is 4.82. The van der Waals surface area contributed by atoms with Gasteiger partial charge in [-0.1, -0.05) is 18.2 Å². The van der Waals surface area contributed by atoms with Crippen LogP contribution in [0, 0.1) is 11.8 Å². The van der Waals surface area contributed by atoms with Gasteiger partial charge in [-0.2, -0.15) is 0 Å². The van der Waals surface area contributed by atoms with Crippen LogP contribution in [0.5, 0.6) is 5.75 Å². The second-order valence-electron chi connectivity index (χ2n) is 8.05. The Morgan fingerprint density at radius 1 is 1.04 bits per heavy atom. The number of para-hydroxylation sites is 1. The summed E-state index contributed by atoms with van der Waals surface area (Å²) in [6.07, 6.45) is 6.28. The van der Waals surface area contributed by atoms with Crippen molar-refractivity contribution >= 4 is 5.91 Å². The summed E-state index contributed by atoms with van der Waals surface area (Å²) in [6, 6.07) is 9.15. The third kappa shape index (κ3) is 4.00. The van der Waals surface area contributed by atoms with Gasteiger partial charge in [0.2, 0.25) is 5.91 Å². The monoisotopic (exact) mass is 344 g/mol. The van der Waals surface area contributed by atoms with Crippen LogP contribution in [-0.4, -0.2) is 56.0 Å². The molecule has 2 fully saturated rings.